The lowest BCUT2D eigenvalue weighted by Gasteiger charge is -2.29. The van der Waals surface area contributed by atoms with E-state index in [0.29, 0.717) is 5.92 Å². The van der Waals surface area contributed by atoms with E-state index in [1.165, 1.54) is 43.2 Å². The molecule has 0 aromatic heterocycles. The highest BCUT2D eigenvalue weighted by Crippen LogP contribution is 2.35. The van der Waals surface area contributed by atoms with E-state index in [1.807, 2.05) is 0 Å². The molecule has 0 bridgehead atoms. The molecule has 1 saturated heterocycles. The molecular formula is C18H26O2. The van der Waals surface area contributed by atoms with E-state index in [-0.39, 0.29) is 12.2 Å². The lowest BCUT2D eigenvalue weighted by molar-refractivity contribution is -0.0178. The van der Waals surface area contributed by atoms with Gasteiger partial charge < -0.3 is 9.84 Å². The summed E-state index contributed by atoms with van der Waals surface area (Å²) in [6.45, 7) is 0.879. The Morgan fingerprint density at radius 1 is 1.10 bits per heavy atom. The molecule has 1 aromatic rings. The molecule has 2 heteroatoms. The van der Waals surface area contributed by atoms with Gasteiger partial charge in [0.05, 0.1) is 12.2 Å². The van der Waals surface area contributed by atoms with Gasteiger partial charge in [-0.05, 0) is 68.4 Å². The Hall–Kier alpha value is -0.860. The van der Waals surface area contributed by atoms with Crippen molar-refractivity contribution >= 4 is 0 Å². The largest absolute Gasteiger partial charge is 0.393 e. The van der Waals surface area contributed by atoms with Crippen molar-refractivity contribution in [3.05, 3.63) is 35.4 Å². The van der Waals surface area contributed by atoms with E-state index in [9.17, 15) is 5.11 Å². The van der Waals surface area contributed by atoms with Gasteiger partial charge in [-0.1, -0.05) is 24.3 Å². The van der Waals surface area contributed by atoms with Crippen LogP contribution in [0.2, 0.25) is 0 Å². The van der Waals surface area contributed by atoms with E-state index in [0.717, 1.165) is 25.9 Å². The summed E-state index contributed by atoms with van der Waals surface area (Å²) in [5.74, 6) is 0.540. The van der Waals surface area contributed by atoms with Gasteiger partial charge in [0.1, 0.15) is 0 Å². The molecule has 0 spiro atoms. The fraction of sp³-hybridized carbons (Fsp3) is 0.667. The molecule has 1 aromatic carbocycles. The van der Waals surface area contributed by atoms with Crippen LogP contribution in [0.1, 0.15) is 62.0 Å². The molecule has 1 aliphatic heterocycles. The number of benzene rings is 1. The van der Waals surface area contributed by atoms with Crippen molar-refractivity contribution in [2.24, 2.45) is 0 Å². The number of fused-ring (bicyclic) bond motifs is 1. The van der Waals surface area contributed by atoms with Crippen molar-refractivity contribution < 1.29 is 9.84 Å². The van der Waals surface area contributed by atoms with Gasteiger partial charge in [-0.3, -0.25) is 0 Å². The fourth-order valence-corrected chi connectivity index (χ4v) is 3.82. The van der Waals surface area contributed by atoms with Crippen LogP contribution in [0.25, 0.3) is 0 Å². The maximum atomic E-state index is 10.4. The number of aliphatic hydroxyl groups excluding tert-OH is 1. The number of aliphatic hydroxyl groups is 1. The van der Waals surface area contributed by atoms with Gasteiger partial charge in [0, 0.05) is 6.61 Å². The Bertz CT molecular complexity index is 423. The second-order valence-corrected chi connectivity index (χ2v) is 6.40. The normalized spacial score (nSPS) is 27.9. The Labute approximate surface area is 122 Å². The minimum atomic E-state index is -0.214. The van der Waals surface area contributed by atoms with Gasteiger partial charge in [0.2, 0.25) is 0 Å². The van der Waals surface area contributed by atoms with E-state index < -0.39 is 0 Å². The molecule has 2 nitrogen and oxygen atoms in total. The van der Waals surface area contributed by atoms with Gasteiger partial charge in [-0.15, -0.1) is 0 Å². The second kappa shape index (κ2) is 6.73. The summed E-state index contributed by atoms with van der Waals surface area (Å²) in [4.78, 5) is 0. The zero-order chi connectivity index (χ0) is 13.8. The van der Waals surface area contributed by atoms with Gasteiger partial charge in [-0.2, -0.15) is 0 Å². The lowest BCUT2D eigenvalue weighted by Crippen LogP contribution is -2.26. The second-order valence-electron chi connectivity index (χ2n) is 6.40. The van der Waals surface area contributed by atoms with Crippen molar-refractivity contribution in [3.8, 4) is 0 Å². The van der Waals surface area contributed by atoms with E-state index in [2.05, 4.69) is 24.3 Å². The molecule has 3 atom stereocenters. The van der Waals surface area contributed by atoms with Crippen LogP contribution >= 0.6 is 0 Å². The summed E-state index contributed by atoms with van der Waals surface area (Å²) in [5, 5.41) is 10.4. The Kier molecular flexibility index (Phi) is 4.74. The van der Waals surface area contributed by atoms with Gasteiger partial charge in [-0.25, -0.2) is 0 Å². The van der Waals surface area contributed by atoms with Crippen LogP contribution in [-0.4, -0.2) is 23.9 Å². The van der Waals surface area contributed by atoms with Crippen molar-refractivity contribution in [2.75, 3.05) is 6.61 Å². The zero-order valence-corrected chi connectivity index (χ0v) is 12.3. The quantitative estimate of drug-likeness (QED) is 0.904. The summed E-state index contributed by atoms with van der Waals surface area (Å²) in [6, 6.07) is 8.77. The molecule has 0 saturated carbocycles. The summed E-state index contributed by atoms with van der Waals surface area (Å²) in [6.07, 6.45) is 9.04. The minimum Gasteiger partial charge on any atom is -0.393 e. The summed E-state index contributed by atoms with van der Waals surface area (Å²) < 4.78 is 5.75. The van der Waals surface area contributed by atoms with Crippen molar-refractivity contribution in [2.45, 2.75) is 69.5 Å². The van der Waals surface area contributed by atoms with Crippen LogP contribution in [0.15, 0.2) is 24.3 Å². The monoisotopic (exact) mass is 274 g/mol. The first-order valence-electron chi connectivity index (χ1n) is 8.20. The Morgan fingerprint density at radius 3 is 2.85 bits per heavy atom. The third-order valence-electron chi connectivity index (χ3n) is 4.86. The maximum absolute atomic E-state index is 10.4. The SMILES string of the molecule is OC(CC1CCCCO1)CC1CCCc2ccccc21. The third kappa shape index (κ3) is 3.42. The van der Waals surface area contributed by atoms with E-state index >= 15 is 0 Å². The molecule has 2 aliphatic rings. The molecule has 1 N–H and O–H groups in total. The topological polar surface area (TPSA) is 29.5 Å². The third-order valence-corrected chi connectivity index (χ3v) is 4.86. The van der Waals surface area contributed by atoms with Crippen LogP contribution in [-0.2, 0) is 11.2 Å². The molecule has 0 amide bonds. The number of aryl methyl sites for hydroxylation is 1. The van der Waals surface area contributed by atoms with E-state index in [4.69, 9.17) is 4.74 Å². The number of rotatable bonds is 4. The first kappa shape index (κ1) is 14.1. The van der Waals surface area contributed by atoms with Crippen LogP contribution in [0, 0.1) is 0 Å². The van der Waals surface area contributed by atoms with Gasteiger partial charge >= 0.3 is 0 Å². The van der Waals surface area contributed by atoms with Crippen molar-refractivity contribution in [1.29, 1.82) is 0 Å². The van der Waals surface area contributed by atoms with Crippen molar-refractivity contribution in [1.82, 2.24) is 0 Å². The molecular weight excluding hydrogens is 248 g/mol. The maximum Gasteiger partial charge on any atom is 0.0599 e. The molecule has 1 fully saturated rings. The molecule has 3 rings (SSSR count). The van der Waals surface area contributed by atoms with Crippen LogP contribution in [0.5, 0.6) is 0 Å². The molecule has 1 heterocycles. The highest BCUT2D eigenvalue weighted by Gasteiger charge is 2.24. The fourth-order valence-electron chi connectivity index (χ4n) is 3.82. The summed E-state index contributed by atoms with van der Waals surface area (Å²) >= 11 is 0. The Morgan fingerprint density at radius 2 is 2.00 bits per heavy atom. The van der Waals surface area contributed by atoms with Crippen LogP contribution in [0.4, 0.5) is 0 Å². The zero-order valence-electron chi connectivity index (χ0n) is 12.3. The average Bonchev–Trinajstić information content (AvgIpc) is 2.48. The molecule has 3 unspecified atom stereocenters. The van der Waals surface area contributed by atoms with E-state index in [1.54, 1.807) is 0 Å². The average molecular weight is 274 g/mol. The van der Waals surface area contributed by atoms with Crippen LogP contribution < -0.4 is 0 Å². The highest BCUT2D eigenvalue weighted by atomic mass is 16.5. The minimum absolute atomic E-state index is 0.214. The predicted molar refractivity (Wildman–Crippen MR) is 81.0 cm³/mol. The number of hydrogen-bond acceptors (Lipinski definition) is 2. The number of hydrogen-bond donors (Lipinski definition) is 1. The highest BCUT2D eigenvalue weighted by molar-refractivity contribution is 5.32. The molecule has 20 heavy (non-hydrogen) atoms. The lowest BCUT2D eigenvalue weighted by atomic mass is 9.79. The Balaban J connectivity index is 1.57. The first-order chi connectivity index (χ1) is 9.83. The summed E-state index contributed by atoms with van der Waals surface area (Å²) in [7, 11) is 0. The smallest absolute Gasteiger partial charge is 0.0599 e. The summed E-state index contributed by atoms with van der Waals surface area (Å²) in [5.41, 5.74) is 2.97. The molecule has 0 radical (unpaired) electrons. The number of ether oxygens (including phenoxy) is 1. The first-order valence-corrected chi connectivity index (χ1v) is 8.20. The van der Waals surface area contributed by atoms with Gasteiger partial charge in [0.25, 0.3) is 0 Å². The molecule has 1 aliphatic carbocycles. The predicted octanol–water partition coefficient (Wildman–Crippen LogP) is 3.82. The van der Waals surface area contributed by atoms with Crippen LogP contribution in [0.3, 0.4) is 0 Å². The molecule has 110 valence electrons. The van der Waals surface area contributed by atoms with Gasteiger partial charge in [0.15, 0.2) is 0 Å². The van der Waals surface area contributed by atoms with Crippen molar-refractivity contribution in [3.63, 3.8) is 0 Å². The standard InChI is InChI=1S/C18H26O2/c19-16(13-17-9-3-4-11-20-17)12-15-8-5-7-14-6-1-2-10-18(14)15/h1-2,6,10,15-17,19H,3-5,7-9,11-13H2.